The van der Waals surface area contributed by atoms with E-state index in [1.165, 1.54) is 18.2 Å². The molecule has 0 amide bonds. The van der Waals surface area contributed by atoms with Crippen LogP contribution in [0.15, 0.2) is 39.6 Å². The molecule has 2 aromatic rings. The van der Waals surface area contributed by atoms with Gasteiger partial charge in [-0.05, 0) is 34.1 Å². The predicted octanol–water partition coefficient (Wildman–Crippen LogP) is 3.08. The van der Waals surface area contributed by atoms with E-state index in [4.69, 9.17) is 0 Å². The van der Waals surface area contributed by atoms with Crippen LogP contribution in [0.5, 0.6) is 0 Å². The van der Waals surface area contributed by atoms with E-state index in [-0.39, 0.29) is 5.52 Å². The first kappa shape index (κ1) is 11.2. The highest BCUT2D eigenvalue weighted by Crippen LogP contribution is 2.30. The third-order valence-electron chi connectivity index (χ3n) is 2.12. The van der Waals surface area contributed by atoms with Crippen molar-refractivity contribution in [3.8, 4) is 0 Å². The molecule has 6 heteroatoms. The summed E-state index contributed by atoms with van der Waals surface area (Å²) in [6.07, 6.45) is -4.55. The van der Waals surface area contributed by atoms with Crippen LogP contribution in [0.4, 0.5) is 13.2 Å². The Morgan fingerprint density at radius 1 is 1.12 bits per heavy atom. The third kappa shape index (κ3) is 1.73. The van der Waals surface area contributed by atoms with Gasteiger partial charge in [-0.15, -0.1) is 0 Å². The van der Waals surface area contributed by atoms with Crippen LogP contribution in [-0.4, -0.2) is 4.40 Å². The van der Waals surface area contributed by atoms with Crippen LogP contribution in [0.2, 0.25) is 0 Å². The van der Waals surface area contributed by atoms with Gasteiger partial charge >= 0.3 is 6.18 Å². The lowest BCUT2D eigenvalue weighted by atomic mass is 10.2. The van der Waals surface area contributed by atoms with Gasteiger partial charge in [-0.3, -0.25) is 9.20 Å². The lowest BCUT2D eigenvalue weighted by Crippen LogP contribution is -2.21. The number of pyridine rings is 2. The van der Waals surface area contributed by atoms with E-state index in [9.17, 15) is 18.0 Å². The van der Waals surface area contributed by atoms with E-state index in [0.29, 0.717) is 8.87 Å². The van der Waals surface area contributed by atoms with Crippen LogP contribution in [0.25, 0.3) is 5.52 Å². The molecule has 0 unspecified atom stereocenters. The molecule has 2 heterocycles. The fraction of sp³-hybridized carbons (Fsp3) is 0.100. The van der Waals surface area contributed by atoms with Crippen LogP contribution < -0.4 is 5.56 Å². The highest BCUT2D eigenvalue weighted by atomic mass is 79.9. The van der Waals surface area contributed by atoms with Crippen molar-refractivity contribution in [2.75, 3.05) is 0 Å². The van der Waals surface area contributed by atoms with Crippen molar-refractivity contribution in [3.05, 3.63) is 50.9 Å². The summed E-state index contributed by atoms with van der Waals surface area (Å²) in [4.78, 5) is 11.4. The van der Waals surface area contributed by atoms with E-state index in [1.807, 2.05) is 0 Å². The molecule has 0 N–H and O–H groups in total. The Balaban J connectivity index is 2.98. The molecule has 0 aromatic carbocycles. The summed E-state index contributed by atoms with van der Waals surface area (Å²) in [7, 11) is 0. The second-order valence-corrected chi connectivity index (χ2v) is 4.00. The number of aromatic nitrogens is 1. The molecule has 2 nitrogen and oxygen atoms in total. The third-order valence-corrected chi connectivity index (χ3v) is 2.79. The minimum atomic E-state index is -4.55. The van der Waals surface area contributed by atoms with Crippen LogP contribution in [0.1, 0.15) is 5.69 Å². The van der Waals surface area contributed by atoms with Crippen molar-refractivity contribution >= 4 is 21.4 Å². The maximum atomic E-state index is 12.7. The molecule has 0 saturated heterocycles. The SMILES string of the molecule is O=c1ccc(Br)c2cccc(C(F)(F)F)n12. The van der Waals surface area contributed by atoms with Gasteiger partial charge in [0.25, 0.3) is 5.56 Å². The number of nitrogens with zero attached hydrogens (tertiary/aromatic N) is 1. The maximum Gasteiger partial charge on any atom is 0.431 e. The zero-order valence-corrected chi connectivity index (χ0v) is 9.34. The summed E-state index contributed by atoms with van der Waals surface area (Å²) in [6, 6.07) is 6.11. The summed E-state index contributed by atoms with van der Waals surface area (Å²) in [5.74, 6) is 0. The molecule has 0 fully saturated rings. The van der Waals surface area contributed by atoms with Gasteiger partial charge in [0.15, 0.2) is 0 Å². The van der Waals surface area contributed by atoms with Gasteiger partial charge in [-0.2, -0.15) is 13.2 Å². The zero-order valence-electron chi connectivity index (χ0n) is 7.75. The molecule has 0 radical (unpaired) electrons. The highest BCUT2D eigenvalue weighted by molar-refractivity contribution is 9.10. The second kappa shape index (κ2) is 3.62. The standard InChI is InChI=1S/C10H5BrF3NO/c11-6-4-5-9(16)15-7(6)2-1-3-8(15)10(12,13)14/h1-5H. The van der Waals surface area contributed by atoms with Gasteiger partial charge in [0.2, 0.25) is 0 Å². The minimum Gasteiger partial charge on any atom is -0.271 e. The maximum absolute atomic E-state index is 12.7. The number of halogens is 4. The molecule has 0 spiro atoms. The molecule has 0 aliphatic rings. The summed E-state index contributed by atoms with van der Waals surface area (Å²) < 4.78 is 39.0. The van der Waals surface area contributed by atoms with E-state index in [1.54, 1.807) is 0 Å². The van der Waals surface area contributed by atoms with E-state index >= 15 is 0 Å². The lowest BCUT2D eigenvalue weighted by Gasteiger charge is -2.11. The quantitative estimate of drug-likeness (QED) is 0.731. The molecule has 0 aliphatic heterocycles. The number of alkyl halides is 3. The molecule has 0 atom stereocenters. The summed E-state index contributed by atoms with van der Waals surface area (Å²) in [5.41, 5.74) is -1.48. The molecule has 84 valence electrons. The first-order valence-corrected chi connectivity index (χ1v) is 5.08. The zero-order chi connectivity index (χ0) is 11.9. The first-order chi connectivity index (χ1) is 7.41. The number of hydrogen-bond donors (Lipinski definition) is 0. The Morgan fingerprint density at radius 2 is 1.81 bits per heavy atom. The number of hydrogen-bond acceptors (Lipinski definition) is 1. The van der Waals surface area contributed by atoms with Gasteiger partial charge < -0.3 is 0 Å². The Kier molecular flexibility index (Phi) is 2.53. The Labute approximate surface area is 96.5 Å². The van der Waals surface area contributed by atoms with Crippen molar-refractivity contribution in [2.45, 2.75) is 6.18 Å². The lowest BCUT2D eigenvalue weighted by molar-refractivity contribution is -0.142. The van der Waals surface area contributed by atoms with E-state index in [0.717, 1.165) is 12.1 Å². The molecular weight excluding hydrogens is 287 g/mol. The van der Waals surface area contributed by atoms with Crippen molar-refractivity contribution in [2.24, 2.45) is 0 Å². The minimum absolute atomic E-state index is 0.197. The molecule has 0 aliphatic carbocycles. The Hall–Kier alpha value is -1.30. The number of rotatable bonds is 0. The fourth-order valence-electron chi connectivity index (χ4n) is 1.46. The van der Waals surface area contributed by atoms with Gasteiger partial charge in [0, 0.05) is 10.5 Å². The molecule has 0 saturated carbocycles. The van der Waals surface area contributed by atoms with Crippen molar-refractivity contribution < 1.29 is 13.2 Å². The summed E-state index contributed by atoms with van der Waals surface area (Å²) >= 11 is 3.10. The van der Waals surface area contributed by atoms with Gasteiger partial charge in [0.05, 0.1) is 5.52 Å². The Bertz CT molecular complexity index is 603. The predicted molar refractivity (Wildman–Crippen MR) is 56.4 cm³/mol. The topological polar surface area (TPSA) is 21.5 Å². The normalized spacial score (nSPS) is 12.0. The first-order valence-electron chi connectivity index (χ1n) is 4.29. The van der Waals surface area contributed by atoms with Crippen molar-refractivity contribution in [3.63, 3.8) is 0 Å². The molecule has 0 bridgehead atoms. The smallest absolute Gasteiger partial charge is 0.271 e. The number of fused-ring (bicyclic) bond motifs is 1. The second-order valence-electron chi connectivity index (χ2n) is 3.15. The average molecular weight is 292 g/mol. The van der Waals surface area contributed by atoms with Gasteiger partial charge in [-0.1, -0.05) is 6.07 Å². The van der Waals surface area contributed by atoms with Gasteiger partial charge in [0.1, 0.15) is 5.69 Å². The van der Waals surface area contributed by atoms with Crippen molar-refractivity contribution in [1.82, 2.24) is 4.40 Å². The monoisotopic (exact) mass is 291 g/mol. The summed E-state index contributed by atoms with van der Waals surface area (Å²) in [5, 5.41) is 0. The molecule has 16 heavy (non-hydrogen) atoms. The van der Waals surface area contributed by atoms with Crippen LogP contribution in [-0.2, 0) is 6.18 Å². The van der Waals surface area contributed by atoms with E-state index < -0.39 is 17.4 Å². The molecule has 2 aromatic heterocycles. The molecular formula is C10H5BrF3NO. The summed E-state index contributed by atoms with van der Waals surface area (Å²) in [6.45, 7) is 0. The Morgan fingerprint density at radius 3 is 2.44 bits per heavy atom. The van der Waals surface area contributed by atoms with Crippen LogP contribution in [0.3, 0.4) is 0 Å². The van der Waals surface area contributed by atoms with Crippen LogP contribution in [0, 0.1) is 0 Å². The highest BCUT2D eigenvalue weighted by Gasteiger charge is 2.33. The fourth-order valence-corrected chi connectivity index (χ4v) is 1.90. The van der Waals surface area contributed by atoms with Gasteiger partial charge in [-0.25, -0.2) is 0 Å². The average Bonchev–Trinajstić information content (AvgIpc) is 2.22. The van der Waals surface area contributed by atoms with E-state index in [2.05, 4.69) is 15.9 Å². The largest absolute Gasteiger partial charge is 0.431 e. The van der Waals surface area contributed by atoms with Crippen LogP contribution >= 0.6 is 15.9 Å². The van der Waals surface area contributed by atoms with Crippen molar-refractivity contribution in [1.29, 1.82) is 0 Å². The molecule has 2 rings (SSSR count).